The lowest BCUT2D eigenvalue weighted by Gasteiger charge is -2.18. The molecule has 0 aliphatic rings. The number of carbonyl (C=O) groups excluding carboxylic acids is 2. The molecule has 0 bridgehead atoms. The maximum Gasteiger partial charge on any atom is 0.315 e. The van der Waals surface area contributed by atoms with Crippen molar-refractivity contribution in [1.82, 2.24) is 20.0 Å². The molecule has 1 atom stereocenters. The lowest BCUT2D eigenvalue weighted by Crippen LogP contribution is -2.38. The first-order valence-electron chi connectivity index (χ1n) is 8.59. The van der Waals surface area contributed by atoms with E-state index in [9.17, 15) is 9.59 Å². The first-order valence-corrected chi connectivity index (χ1v) is 8.96. The number of halogens is 1. The van der Waals surface area contributed by atoms with E-state index in [4.69, 9.17) is 16.3 Å². The van der Waals surface area contributed by atoms with Crippen LogP contribution in [0.4, 0.5) is 4.79 Å². The summed E-state index contributed by atoms with van der Waals surface area (Å²) in [6.07, 6.45) is 4.71. The molecule has 0 aliphatic carbocycles. The van der Waals surface area contributed by atoms with Crippen LogP contribution in [-0.2, 0) is 16.1 Å². The molecular weight excluding hydrogens is 356 g/mol. The first kappa shape index (κ1) is 20.0. The number of nitrogens with zero attached hydrogens (tertiary/aromatic N) is 2. The minimum atomic E-state index is -0.293. The predicted octanol–water partition coefficient (Wildman–Crippen LogP) is 3.01. The third kappa shape index (κ3) is 6.22. The molecular formula is C18H25ClN4O3. The number of carbonyl (C=O) groups is 2. The Labute approximate surface area is 158 Å². The zero-order valence-electron chi connectivity index (χ0n) is 15.3. The van der Waals surface area contributed by atoms with Crippen LogP contribution in [0.15, 0.2) is 24.5 Å². The summed E-state index contributed by atoms with van der Waals surface area (Å²) in [5, 5.41) is 6.21. The molecule has 2 heterocycles. The largest absolute Gasteiger partial charge is 0.469 e. The van der Waals surface area contributed by atoms with Crippen molar-refractivity contribution in [2.24, 2.45) is 11.8 Å². The fraction of sp³-hybridized carbons (Fsp3) is 0.500. The van der Waals surface area contributed by atoms with Crippen molar-refractivity contribution in [3.8, 4) is 0 Å². The van der Waals surface area contributed by atoms with Gasteiger partial charge in [0.2, 0.25) is 0 Å². The highest BCUT2D eigenvalue weighted by molar-refractivity contribution is 6.30. The number of urea groups is 1. The molecule has 2 rings (SSSR count). The summed E-state index contributed by atoms with van der Waals surface area (Å²) in [4.78, 5) is 27.9. The van der Waals surface area contributed by atoms with Gasteiger partial charge in [-0.25, -0.2) is 9.78 Å². The van der Waals surface area contributed by atoms with Crippen LogP contribution in [0.1, 0.15) is 32.4 Å². The Kier molecular flexibility index (Phi) is 7.26. The maximum atomic E-state index is 12.0. The van der Waals surface area contributed by atoms with Crippen molar-refractivity contribution in [1.29, 1.82) is 0 Å². The quantitative estimate of drug-likeness (QED) is 0.689. The topological polar surface area (TPSA) is 84.7 Å². The van der Waals surface area contributed by atoms with Crippen molar-refractivity contribution in [3.05, 3.63) is 35.2 Å². The third-order valence-electron chi connectivity index (χ3n) is 3.93. The number of fused-ring (bicyclic) bond motifs is 1. The smallest absolute Gasteiger partial charge is 0.315 e. The number of nitrogens with one attached hydrogen (secondary N) is 2. The average Bonchev–Trinajstić information content (AvgIpc) is 2.99. The Morgan fingerprint density at radius 1 is 1.27 bits per heavy atom. The Bertz CT molecular complexity index is 760. The molecule has 142 valence electrons. The van der Waals surface area contributed by atoms with Gasteiger partial charge in [-0.15, -0.1) is 0 Å². The van der Waals surface area contributed by atoms with Gasteiger partial charge in [0.15, 0.2) is 0 Å². The van der Waals surface area contributed by atoms with Gasteiger partial charge in [-0.05, 0) is 30.4 Å². The molecule has 0 radical (unpaired) electrons. The van der Waals surface area contributed by atoms with Gasteiger partial charge in [-0.2, -0.15) is 0 Å². The van der Waals surface area contributed by atoms with Crippen LogP contribution >= 0.6 is 11.6 Å². The standard InChI is InChI=1S/C18H25ClN4O3/c1-12(2)6-13(7-17(24)26-3)8-20-18(25)21-9-15-11-23-10-14(19)4-5-16(23)22-15/h4-5,10-13H,6-9H2,1-3H3,(H2,20,21,25)/t13-/m0/s1. The van der Waals surface area contributed by atoms with Gasteiger partial charge in [0.1, 0.15) is 5.65 Å². The number of rotatable bonds is 8. The van der Waals surface area contributed by atoms with Crippen LogP contribution in [0.2, 0.25) is 5.02 Å². The lowest BCUT2D eigenvalue weighted by atomic mass is 9.94. The van der Waals surface area contributed by atoms with E-state index in [2.05, 4.69) is 29.5 Å². The molecule has 7 nitrogen and oxygen atoms in total. The summed E-state index contributed by atoms with van der Waals surface area (Å²) < 4.78 is 6.54. The highest BCUT2D eigenvalue weighted by Crippen LogP contribution is 2.15. The molecule has 8 heteroatoms. The molecule has 2 amide bonds. The number of ether oxygens (including phenoxy) is 1. The number of hydrogen-bond acceptors (Lipinski definition) is 4. The highest BCUT2D eigenvalue weighted by Gasteiger charge is 2.17. The highest BCUT2D eigenvalue weighted by atomic mass is 35.5. The van der Waals surface area contributed by atoms with E-state index < -0.39 is 0 Å². The fourth-order valence-electron chi connectivity index (χ4n) is 2.80. The van der Waals surface area contributed by atoms with E-state index in [0.717, 1.165) is 17.8 Å². The van der Waals surface area contributed by atoms with E-state index in [1.807, 2.05) is 16.7 Å². The van der Waals surface area contributed by atoms with Crippen molar-refractivity contribution in [2.45, 2.75) is 33.2 Å². The van der Waals surface area contributed by atoms with Crippen LogP contribution in [0.5, 0.6) is 0 Å². The molecule has 0 saturated heterocycles. The second-order valence-corrected chi connectivity index (χ2v) is 7.12. The number of methoxy groups -OCH3 is 1. The van der Waals surface area contributed by atoms with Gasteiger partial charge < -0.3 is 19.8 Å². The van der Waals surface area contributed by atoms with E-state index in [-0.39, 0.29) is 17.9 Å². The molecule has 0 aromatic carbocycles. The number of imidazole rings is 1. The molecule has 26 heavy (non-hydrogen) atoms. The lowest BCUT2D eigenvalue weighted by molar-refractivity contribution is -0.141. The maximum absolute atomic E-state index is 12.0. The number of amides is 2. The summed E-state index contributed by atoms with van der Waals surface area (Å²) in [7, 11) is 1.37. The van der Waals surface area contributed by atoms with Crippen LogP contribution in [0.3, 0.4) is 0 Å². The van der Waals surface area contributed by atoms with E-state index in [1.165, 1.54) is 7.11 Å². The molecule has 0 aliphatic heterocycles. The van der Waals surface area contributed by atoms with Crippen LogP contribution in [0, 0.1) is 11.8 Å². The second kappa shape index (κ2) is 9.43. The number of hydrogen-bond donors (Lipinski definition) is 2. The molecule has 0 saturated carbocycles. The van der Waals surface area contributed by atoms with Gasteiger partial charge in [-0.1, -0.05) is 25.4 Å². The second-order valence-electron chi connectivity index (χ2n) is 6.68. The minimum Gasteiger partial charge on any atom is -0.469 e. The van der Waals surface area contributed by atoms with Gasteiger partial charge >= 0.3 is 12.0 Å². The summed E-state index contributed by atoms with van der Waals surface area (Å²) in [5.41, 5.74) is 1.50. The average molecular weight is 381 g/mol. The zero-order valence-corrected chi connectivity index (χ0v) is 16.0. The normalized spacial score (nSPS) is 12.2. The molecule has 0 unspecified atom stereocenters. The third-order valence-corrected chi connectivity index (χ3v) is 4.16. The van der Waals surface area contributed by atoms with Crippen LogP contribution in [-0.4, -0.2) is 35.0 Å². The monoisotopic (exact) mass is 380 g/mol. The van der Waals surface area contributed by atoms with E-state index in [1.54, 1.807) is 12.3 Å². The number of esters is 1. The summed E-state index contributed by atoms with van der Waals surface area (Å²) in [5.74, 6) is 0.214. The van der Waals surface area contributed by atoms with E-state index >= 15 is 0 Å². The van der Waals surface area contributed by atoms with Gasteiger partial charge in [-0.3, -0.25) is 4.79 Å². The predicted molar refractivity (Wildman–Crippen MR) is 100 cm³/mol. The zero-order chi connectivity index (χ0) is 19.1. The Morgan fingerprint density at radius 2 is 2.04 bits per heavy atom. The first-order chi connectivity index (χ1) is 12.4. The molecule has 2 aromatic rings. The van der Waals surface area contributed by atoms with Gasteiger partial charge in [0.05, 0.1) is 24.4 Å². The molecule has 2 N–H and O–H groups in total. The Morgan fingerprint density at radius 3 is 2.73 bits per heavy atom. The number of pyridine rings is 1. The summed E-state index contributed by atoms with van der Waals surface area (Å²) in [6, 6.07) is 3.29. The SMILES string of the molecule is COC(=O)C[C@@H](CNC(=O)NCc1cn2cc(Cl)ccc2n1)CC(C)C. The Hall–Kier alpha value is -2.28. The van der Waals surface area contributed by atoms with Crippen LogP contribution < -0.4 is 10.6 Å². The minimum absolute atomic E-state index is 0.0468. The van der Waals surface area contributed by atoms with Gasteiger partial charge in [0.25, 0.3) is 0 Å². The van der Waals surface area contributed by atoms with Crippen molar-refractivity contribution in [2.75, 3.05) is 13.7 Å². The van der Waals surface area contributed by atoms with Crippen LogP contribution in [0.25, 0.3) is 5.65 Å². The summed E-state index contributed by atoms with van der Waals surface area (Å²) >= 11 is 5.95. The van der Waals surface area contributed by atoms with Crippen molar-refractivity contribution in [3.63, 3.8) is 0 Å². The fourth-order valence-corrected chi connectivity index (χ4v) is 2.97. The molecule has 0 fully saturated rings. The molecule has 0 spiro atoms. The van der Waals surface area contributed by atoms with Gasteiger partial charge in [0, 0.05) is 25.4 Å². The number of aromatic nitrogens is 2. The summed E-state index contributed by atoms with van der Waals surface area (Å²) in [6.45, 7) is 4.89. The van der Waals surface area contributed by atoms with Crippen molar-refractivity contribution >= 4 is 29.2 Å². The van der Waals surface area contributed by atoms with Crippen molar-refractivity contribution < 1.29 is 14.3 Å². The molecule has 2 aromatic heterocycles. The Balaban J connectivity index is 1.83. The van der Waals surface area contributed by atoms with E-state index in [0.29, 0.717) is 30.5 Å².